The molecule has 2 rings (SSSR count). The lowest BCUT2D eigenvalue weighted by molar-refractivity contribution is 0.311. The summed E-state index contributed by atoms with van der Waals surface area (Å²) >= 11 is 5.75. The Bertz CT molecular complexity index is 277. The Morgan fingerprint density at radius 3 is 2.62 bits per heavy atom. The van der Waals surface area contributed by atoms with Gasteiger partial charge in [0.05, 0.1) is 6.20 Å². The molecule has 0 atom stereocenters. The number of hydrogen-bond donors (Lipinski definition) is 1. The number of rotatable bonds is 1. The van der Waals surface area contributed by atoms with E-state index in [-0.39, 0.29) is 0 Å². The van der Waals surface area contributed by atoms with Crippen molar-refractivity contribution >= 4 is 17.5 Å². The molecule has 1 aliphatic rings. The van der Waals surface area contributed by atoms with Gasteiger partial charge in [-0.25, -0.2) is 4.98 Å². The van der Waals surface area contributed by atoms with E-state index in [0.29, 0.717) is 5.15 Å². The highest BCUT2D eigenvalue weighted by Crippen LogP contribution is 2.13. The predicted octanol–water partition coefficient (Wildman–Crippen LogP) is 0.815. The number of aromatic nitrogens is 2. The standard InChI is InChI=1S/C8H13ClN4/c1-12-2-4-13(5-3-12)8-10-6-7(9)11-8/h6H,2-5H2,1H3,(H,10,11). The van der Waals surface area contributed by atoms with Crippen LogP contribution in [0.15, 0.2) is 6.20 Å². The monoisotopic (exact) mass is 200 g/mol. The van der Waals surface area contributed by atoms with Crippen molar-refractivity contribution in [3.63, 3.8) is 0 Å². The summed E-state index contributed by atoms with van der Waals surface area (Å²) in [6.45, 7) is 4.19. The van der Waals surface area contributed by atoms with E-state index in [9.17, 15) is 0 Å². The van der Waals surface area contributed by atoms with E-state index >= 15 is 0 Å². The lowest BCUT2D eigenvalue weighted by Crippen LogP contribution is -2.44. The summed E-state index contributed by atoms with van der Waals surface area (Å²) in [5.41, 5.74) is 0. The van der Waals surface area contributed by atoms with Crippen LogP contribution in [0.1, 0.15) is 0 Å². The Labute approximate surface area is 82.5 Å². The van der Waals surface area contributed by atoms with Crippen molar-refractivity contribution in [3.8, 4) is 0 Å². The molecule has 1 N–H and O–H groups in total. The second kappa shape index (κ2) is 3.55. The molecule has 0 bridgehead atoms. The number of piperazine rings is 1. The molecule has 0 spiro atoms. The fraction of sp³-hybridized carbons (Fsp3) is 0.625. The number of anilines is 1. The predicted molar refractivity (Wildman–Crippen MR) is 53.3 cm³/mol. The molecule has 0 radical (unpaired) electrons. The van der Waals surface area contributed by atoms with E-state index in [1.165, 1.54) is 0 Å². The highest BCUT2D eigenvalue weighted by atomic mass is 35.5. The molecule has 2 heterocycles. The Morgan fingerprint density at radius 1 is 1.38 bits per heavy atom. The van der Waals surface area contributed by atoms with Crippen molar-refractivity contribution in [1.29, 1.82) is 0 Å². The lowest BCUT2D eigenvalue weighted by Gasteiger charge is -2.32. The summed E-state index contributed by atoms with van der Waals surface area (Å²) in [5, 5.41) is 0.605. The molecule has 4 nitrogen and oxygen atoms in total. The summed E-state index contributed by atoms with van der Waals surface area (Å²) < 4.78 is 0. The van der Waals surface area contributed by atoms with Crippen molar-refractivity contribution in [2.75, 3.05) is 38.1 Å². The first-order valence-electron chi connectivity index (χ1n) is 4.40. The summed E-state index contributed by atoms with van der Waals surface area (Å²) in [7, 11) is 2.13. The quantitative estimate of drug-likeness (QED) is 0.729. The van der Waals surface area contributed by atoms with Crippen molar-refractivity contribution in [1.82, 2.24) is 14.9 Å². The zero-order chi connectivity index (χ0) is 9.26. The van der Waals surface area contributed by atoms with Crippen molar-refractivity contribution in [2.24, 2.45) is 0 Å². The minimum Gasteiger partial charge on any atom is -0.340 e. The third-order valence-electron chi connectivity index (χ3n) is 2.33. The molecule has 0 saturated carbocycles. The summed E-state index contributed by atoms with van der Waals surface area (Å²) in [6.07, 6.45) is 1.65. The van der Waals surface area contributed by atoms with Gasteiger partial charge < -0.3 is 14.8 Å². The zero-order valence-electron chi connectivity index (χ0n) is 7.63. The second-order valence-electron chi connectivity index (χ2n) is 3.35. The van der Waals surface area contributed by atoms with Gasteiger partial charge in [0.15, 0.2) is 0 Å². The van der Waals surface area contributed by atoms with Crippen LogP contribution in [-0.2, 0) is 0 Å². The number of H-pyrrole nitrogens is 1. The number of imidazole rings is 1. The van der Waals surface area contributed by atoms with E-state index in [4.69, 9.17) is 11.6 Å². The molecule has 1 aromatic heterocycles. The normalized spacial score (nSPS) is 19.4. The van der Waals surface area contributed by atoms with E-state index in [1.807, 2.05) is 0 Å². The molecule has 0 unspecified atom stereocenters. The molecular formula is C8H13ClN4. The molecule has 1 saturated heterocycles. The van der Waals surface area contributed by atoms with E-state index < -0.39 is 0 Å². The van der Waals surface area contributed by atoms with Crippen LogP contribution >= 0.6 is 11.6 Å². The van der Waals surface area contributed by atoms with Gasteiger partial charge in [0.25, 0.3) is 0 Å². The van der Waals surface area contributed by atoms with Gasteiger partial charge in [-0.1, -0.05) is 11.6 Å². The minimum absolute atomic E-state index is 0.605. The molecule has 1 fully saturated rings. The van der Waals surface area contributed by atoms with Gasteiger partial charge in [0.1, 0.15) is 5.15 Å². The van der Waals surface area contributed by atoms with Crippen LogP contribution in [0.4, 0.5) is 5.95 Å². The first-order valence-corrected chi connectivity index (χ1v) is 4.77. The maximum atomic E-state index is 5.75. The van der Waals surface area contributed by atoms with Crippen LogP contribution in [0.25, 0.3) is 0 Å². The van der Waals surface area contributed by atoms with Crippen LogP contribution < -0.4 is 4.90 Å². The number of nitrogens with zero attached hydrogens (tertiary/aromatic N) is 3. The molecule has 72 valence electrons. The van der Waals surface area contributed by atoms with E-state index in [1.54, 1.807) is 6.20 Å². The van der Waals surface area contributed by atoms with Crippen molar-refractivity contribution < 1.29 is 0 Å². The molecule has 1 aliphatic heterocycles. The number of hydrogen-bond acceptors (Lipinski definition) is 3. The first kappa shape index (κ1) is 8.84. The highest BCUT2D eigenvalue weighted by molar-refractivity contribution is 6.29. The Morgan fingerprint density at radius 2 is 2.08 bits per heavy atom. The molecule has 0 amide bonds. The molecule has 13 heavy (non-hydrogen) atoms. The average molecular weight is 201 g/mol. The third kappa shape index (κ3) is 1.95. The van der Waals surface area contributed by atoms with Gasteiger partial charge in [-0.05, 0) is 7.05 Å². The number of nitrogens with one attached hydrogen (secondary N) is 1. The summed E-state index contributed by atoms with van der Waals surface area (Å²) in [4.78, 5) is 11.7. The van der Waals surface area contributed by atoms with Crippen LogP contribution in [0, 0.1) is 0 Å². The maximum Gasteiger partial charge on any atom is 0.204 e. The van der Waals surface area contributed by atoms with Crippen LogP contribution in [-0.4, -0.2) is 48.1 Å². The van der Waals surface area contributed by atoms with Crippen molar-refractivity contribution in [2.45, 2.75) is 0 Å². The Balaban J connectivity index is 2.02. The minimum atomic E-state index is 0.605. The third-order valence-corrected chi connectivity index (χ3v) is 2.53. The lowest BCUT2D eigenvalue weighted by atomic mass is 10.3. The first-order chi connectivity index (χ1) is 6.25. The van der Waals surface area contributed by atoms with Crippen LogP contribution in [0.5, 0.6) is 0 Å². The SMILES string of the molecule is CN1CCN(c2ncc(Cl)[nH]2)CC1. The summed E-state index contributed by atoms with van der Waals surface area (Å²) in [5.74, 6) is 0.887. The Kier molecular flexibility index (Phi) is 2.42. The molecule has 1 aromatic rings. The van der Waals surface area contributed by atoms with Gasteiger partial charge in [-0.15, -0.1) is 0 Å². The van der Waals surface area contributed by atoms with Crippen LogP contribution in [0.2, 0.25) is 5.15 Å². The Hall–Kier alpha value is -0.740. The zero-order valence-corrected chi connectivity index (χ0v) is 8.38. The molecular weight excluding hydrogens is 188 g/mol. The van der Waals surface area contributed by atoms with E-state index in [0.717, 1.165) is 32.1 Å². The highest BCUT2D eigenvalue weighted by Gasteiger charge is 2.15. The maximum absolute atomic E-state index is 5.75. The fourth-order valence-corrected chi connectivity index (χ4v) is 1.60. The largest absolute Gasteiger partial charge is 0.340 e. The smallest absolute Gasteiger partial charge is 0.204 e. The number of likely N-dealkylation sites (N-methyl/N-ethyl adjacent to an activating group) is 1. The molecule has 0 aromatic carbocycles. The summed E-state index contributed by atoms with van der Waals surface area (Å²) in [6, 6.07) is 0. The molecule has 5 heteroatoms. The van der Waals surface area contributed by atoms with Gasteiger partial charge >= 0.3 is 0 Å². The van der Waals surface area contributed by atoms with Crippen LogP contribution in [0.3, 0.4) is 0 Å². The van der Waals surface area contributed by atoms with Gasteiger partial charge in [-0.3, -0.25) is 0 Å². The van der Waals surface area contributed by atoms with Gasteiger partial charge in [-0.2, -0.15) is 0 Å². The van der Waals surface area contributed by atoms with E-state index in [2.05, 4.69) is 26.8 Å². The number of aromatic amines is 1. The van der Waals surface area contributed by atoms with Gasteiger partial charge in [0, 0.05) is 26.2 Å². The topological polar surface area (TPSA) is 35.2 Å². The van der Waals surface area contributed by atoms with Gasteiger partial charge in [0.2, 0.25) is 5.95 Å². The molecule has 0 aliphatic carbocycles. The van der Waals surface area contributed by atoms with Crippen molar-refractivity contribution in [3.05, 3.63) is 11.3 Å². The average Bonchev–Trinajstić information content (AvgIpc) is 2.53. The second-order valence-corrected chi connectivity index (χ2v) is 3.75. The number of halogens is 1. The fourth-order valence-electron chi connectivity index (χ4n) is 1.47.